The van der Waals surface area contributed by atoms with Gasteiger partial charge in [0.1, 0.15) is 0 Å². The van der Waals surface area contributed by atoms with E-state index < -0.39 is 0 Å². The fourth-order valence-corrected chi connectivity index (χ4v) is 1.74. The van der Waals surface area contributed by atoms with E-state index in [-0.39, 0.29) is 0 Å². The van der Waals surface area contributed by atoms with E-state index in [0.29, 0.717) is 11.6 Å². The second kappa shape index (κ2) is 3.32. The Morgan fingerprint density at radius 3 is 3.07 bits per heavy atom. The van der Waals surface area contributed by atoms with Gasteiger partial charge in [0.05, 0.1) is 18.0 Å². The summed E-state index contributed by atoms with van der Waals surface area (Å²) in [5.74, 6) is 0. The minimum Gasteiger partial charge on any atom is -0.266 e. The molecule has 2 rings (SSSR count). The third-order valence-corrected chi connectivity index (χ3v) is 2.43. The van der Waals surface area contributed by atoms with Crippen LogP contribution in [0.1, 0.15) is 5.56 Å². The number of fused-ring (bicyclic) bond motifs is 1. The average molecular weight is 206 g/mol. The number of hydrogen-bond donors (Lipinski definition) is 0. The number of hydrogen-bond acceptors (Lipinski definition) is 2. The molecule has 0 saturated carbocycles. The maximum Gasteiger partial charge on any atom is 0.158 e. The van der Waals surface area contributed by atoms with Gasteiger partial charge in [-0.1, -0.05) is 17.7 Å². The molecule has 0 N–H and O–H groups in total. The summed E-state index contributed by atoms with van der Waals surface area (Å²) in [7, 11) is 1.85. The van der Waals surface area contributed by atoms with Gasteiger partial charge in [-0.2, -0.15) is 10.4 Å². The SMILES string of the molecule is Cn1nc(Cl)c2cc(CC#N)ccc21. The number of benzene rings is 1. The van der Waals surface area contributed by atoms with Crippen LogP contribution in [0.5, 0.6) is 0 Å². The van der Waals surface area contributed by atoms with Crippen LogP contribution in [-0.2, 0) is 13.5 Å². The molecule has 0 spiro atoms. The van der Waals surface area contributed by atoms with E-state index >= 15 is 0 Å². The highest BCUT2D eigenvalue weighted by Crippen LogP contribution is 2.23. The van der Waals surface area contributed by atoms with Crippen LogP contribution in [-0.4, -0.2) is 9.78 Å². The number of aryl methyl sites for hydroxylation is 1. The summed E-state index contributed by atoms with van der Waals surface area (Å²) in [6.45, 7) is 0. The Hall–Kier alpha value is -1.53. The third-order valence-electron chi connectivity index (χ3n) is 2.15. The predicted molar refractivity (Wildman–Crippen MR) is 55.0 cm³/mol. The minimum atomic E-state index is 0.404. The van der Waals surface area contributed by atoms with E-state index in [1.807, 2.05) is 25.2 Å². The molecule has 0 aliphatic carbocycles. The van der Waals surface area contributed by atoms with Crippen molar-refractivity contribution in [3.63, 3.8) is 0 Å². The van der Waals surface area contributed by atoms with Crippen molar-refractivity contribution < 1.29 is 0 Å². The second-order valence-corrected chi connectivity index (χ2v) is 3.46. The summed E-state index contributed by atoms with van der Waals surface area (Å²) in [6, 6.07) is 7.87. The van der Waals surface area contributed by atoms with Crippen LogP contribution in [0.2, 0.25) is 5.15 Å². The zero-order valence-electron chi connectivity index (χ0n) is 7.66. The highest BCUT2D eigenvalue weighted by molar-refractivity contribution is 6.34. The molecule has 0 amide bonds. The number of halogens is 1. The smallest absolute Gasteiger partial charge is 0.158 e. The molecule has 14 heavy (non-hydrogen) atoms. The van der Waals surface area contributed by atoms with Gasteiger partial charge in [-0.05, 0) is 17.7 Å². The lowest BCUT2D eigenvalue weighted by Crippen LogP contribution is -1.88. The van der Waals surface area contributed by atoms with Crippen molar-refractivity contribution >= 4 is 22.5 Å². The zero-order chi connectivity index (χ0) is 10.1. The predicted octanol–water partition coefficient (Wildman–Crippen LogP) is 2.29. The van der Waals surface area contributed by atoms with Gasteiger partial charge in [0, 0.05) is 12.4 Å². The second-order valence-electron chi connectivity index (χ2n) is 3.10. The van der Waals surface area contributed by atoms with Crippen LogP contribution in [0.4, 0.5) is 0 Å². The van der Waals surface area contributed by atoms with Crippen molar-refractivity contribution in [2.24, 2.45) is 7.05 Å². The van der Waals surface area contributed by atoms with Crippen LogP contribution in [0, 0.1) is 11.3 Å². The molecule has 70 valence electrons. The maximum absolute atomic E-state index is 8.56. The van der Waals surface area contributed by atoms with Gasteiger partial charge in [0.15, 0.2) is 5.15 Å². The van der Waals surface area contributed by atoms with Gasteiger partial charge in [-0.3, -0.25) is 4.68 Å². The molecule has 0 aliphatic rings. The van der Waals surface area contributed by atoms with Crippen LogP contribution < -0.4 is 0 Å². The van der Waals surface area contributed by atoms with Gasteiger partial charge in [0.25, 0.3) is 0 Å². The fourth-order valence-electron chi connectivity index (χ4n) is 1.47. The first kappa shape index (κ1) is 9.04. The third kappa shape index (κ3) is 1.34. The average Bonchev–Trinajstić information content (AvgIpc) is 2.43. The quantitative estimate of drug-likeness (QED) is 0.717. The Kier molecular flexibility index (Phi) is 2.14. The van der Waals surface area contributed by atoms with Gasteiger partial charge < -0.3 is 0 Å². The van der Waals surface area contributed by atoms with E-state index in [4.69, 9.17) is 16.9 Å². The van der Waals surface area contributed by atoms with Crippen molar-refractivity contribution in [3.8, 4) is 6.07 Å². The molecule has 0 fully saturated rings. The van der Waals surface area contributed by atoms with Crippen LogP contribution in [0.3, 0.4) is 0 Å². The van der Waals surface area contributed by atoms with Crippen molar-refractivity contribution in [2.45, 2.75) is 6.42 Å². The number of nitriles is 1. The topological polar surface area (TPSA) is 41.6 Å². The van der Waals surface area contributed by atoms with Crippen molar-refractivity contribution in [3.05, 3.63) is 28.9 Å². The summed E-state index contributed by atoms with van der Waals surface area (Å²) in [5, 5.41) is 14.0. The molecule has 1 aromatic heterocycles. The highest BCUT2D eigenvalue weighted by atomic mass is 35.5. The molecule has 0 aliphatic heterocycles. The molecule has 0 atom stereocenters. The number of rotatable bonds is 1. The summed E-state index contributed by atoms with van der Waals surface area (Å²) in [6.07, 6.45) is 0.404. The van der Waals surface area contributed by atoms with E-state index in [1.165, 1.54) is 0 Å². The zero-order valence-corrected chi connectivity index (χ0v) is 8.41. The van der Waals surface area contributed by atoms with Crippen LogP contribution in [0.15, 0.2) is 18.2 Å². The van der Waals surface area contributed by atoms with Crippen LogP contribution >= 0.6 is 11.6 Å². The summed E-state index contributed by atoms with van der Waals surface area (Å²) < 4.78 is 1.73. The summed E-state index contributed by atoms with van der Waals surface area (Å²) in [4.78, 5) is 0. The molecular weight excluding hydrogens is 198 g/mol. The van der Waals surface area contributed by atoms with Crippen molar-refractivity contribution in [1.29, 1.82) is 5.26 Å². The van der Waals surface area contributed by atoms with Crippen molar-refractivity contribution in [1.82, 2.24) is 9.78 Å². The standard InChI is InChI=1S/C10H8ClN3/c1-14-9-3-2-7(4-5-12)6-8(9)10(11)13-14/h2-3,6H,4H2,1H3. The van der Waals surface area contributed by atoms with E-state index in [9.17, 15) is 0 Å². The lowest BCUT2D eigenvalue weighted by atomic mass is 10.1. The number of aromatic nitrogens is 2. The Labute approximate surface area is 86.5 Å². The molecule has 0 bridgehead atoms. The molecule has 0 saturated heterocycles. The van der Waals surface area contributed by atoms with E-state index in [0.717, 1.165) is 16.5 Å². The van der Waals surface area contributed by atoms with Gasteiger partial charge >= 0.3 is 0 Å². The first-order valence-electron chi connectivity index (χ1n) is 4.20. The molecular formula is C10H8ClN3. The summed E-state index contributed by atoms with van der Waals surface area (Å²) in [5.41, 5.74) is 1.95. The van der Waals surface area contributed by atoms with Gasteiger partial charge in [0.2, 0.25) is 0 Å². The first-order chi connectivity index (χ1) is 6.72. The van der Waals surface area contributed by atoms with Crippen LogP contribution in [0.25, 0.3) is 10.9 Å². The summed E-state index contributed by atoms with van der Waals surface area (Å²) >= 11 is 5.94. The van der Waals surface area contributed by atoms with E-state index in [2.05, 4.69) is 11.2 Å². The Morgan fingerprint density at radius 1 is 1.57 bits per heavy atom. The van der Waals surface area contributed by atoms with Gasteiger partial charge in [-0.15, -0.1) is 0 Å². The molecule has 0 unspecified atom stereocenters. The normalized spacial score (nSPS) is 10.4. The molecule has 0 radical (unpaired) electrons. The Morgan fingerprint density at radius 2 is 2.36 bits per heavy atom. The molecule has 3 nitrogen and oxygen atoms in total. The lowest BCUT2D eigenvalue weighted by Gasteiger charge is -1.96. The number of nitrogens with zero attached hydrogens (tertiary/aromatic N) is 3. The van der Waals surface area contributed by atoms with Crippen molar-refractivity contribution in [2.75, 3.05) is 0 Å². The Bertz CT molecular complexity index is 522. The largest absolute Gasteiger partial charge is 0.266 e. The molecule has 1 heterocycles. The van der Waals surface area contributed by atoms with Gasteiger partial charge in [-0.25, -0.2) is 0 Å². The lowest BCUT2D eigenvalue weighted by molar-refractivity contribution is 0.797. The molecule has 1 aromatic carbocycles. The Balaban J connectivity index is 2.66. The molecule has 4 heteroatoms. The maximum atomic E-state index is 8.56. The highest BCUT2D eigenvalue weighted by Gasteiger charge is 2.06. The molecule has 2 aromatic rings. The fraction of sp³-hybridized carbons (Fsp3) is 0.200. The first-order valence-corrected chi connectivity index (χ1v) is 4.58. The minimum absolute atomic E-state index is 0.404. The monoisotopic (exact) mass is 205 g/mol. The van der Waals surface area contributed by atoms with E-state index in [1.54, 1.807) is 4.68 Å².